The van der Waals surface area contributed by atoms with Crippen molar-refractivity contribution in [2.75, 3.05) is 4.72 Å². The second-order valence-corrected chi connectivity index (χ2v) is 7.86. The fourth-order valence-corrected chi connectivity index (χ4v) is 4.01. The lowest BCUT2D eigenvalue weighted by Crippen LogP contribution is -2.13. The van der Waals surface area contributed by atoms with Crippen LogP contribution in [0.3, 0.4) is 0 Å². The van der Waals surface area contributed by atoms with Gasteiger partial charge in [-0.2, -0.15) is 5.26 Å². The monoisotopic (exact) mass is 400 g/mol. The minimum absolute atomic E-state index is 0.193. The number of nitrogens with zero attached hydrogens (tertiary/aromatic N) is 1. The molecule has 0 saturated heterocycles. The summed E-state index contributed by atoms with van der Waals surface area (Å²) in [6.45, 7) is 0. The van der Waals surface area contributed by atoms with Crippen molar-refractivity contribution in [3.63, 3.8) is 0 Å². The topological polar surface area (TPSA) is 70.0 Å². The van der Waals surface area contributed by atoms with Gasteiger partial charge in [-0.15, -0.1) is 0 Å². The highest BCUT2D eigenvalue weighted by atomic mass is 35.5. The summed E-state index contributed by atoms with van der Waals surface area (Å²) in [5.41, 5.74) is 1.58. The number of hydrogen-bond donors (Lipinski definition) is 1. The summed E-state index contributed by atoms with van der Waals surface area (Å²) in [4.78, 5) is -0.193. The maximum atomic E-state index is 13.3. The van der Waals surface area contributed by atoms with Gasteiger partial charge in [-0.25, -0.2) is 12.8 Å². The van der Waals surface area contributed by atoms with Crippen molar-refractivity contribution >= 4 is 27.3 Å². The predicted molar refractivity (Wildman–Crippen MR) is 103 cm³/mol. The van der Waals surface area contributed by atoms with Gasteiger partial charge >= 0.3 is 0 Å². The number of halogens is 2. The van der Waals surface area contributed by atoms with Crippen molar-refractivity contribution in [1.82, 2.24) is 0 Å². The summed E-state index contributed by atoms with van der Waals surface area (Å²) in [6.07, 6.45) is 0. The van der Waals surface area contributed by atoms with Crippen molar-refractivity contribution in [1.29, 1.82) is 5.26 Å². The van der Waals surface area contributed by atoms with Crippen LogP contribution in [0.4, 0.5) is 10.1 Å². The summed E-state index contributed by atoms with van der Waals surface area (Å²) in [5, 5.41) is 9.79. The van der Waals surface area contributed by atoms with Crippen LogP contribution in [0.15, 0.2) is 77.7 Å². The maximum Gasteiger partial charge on any atom is 0.261 e. The molecule has 27 heavy (non-hydrogen) atoms. The lowest BCUT2D eigenvalue weighted by Gasteiger charge is -2.14. The number of sulfonamides is 1. The Morgan fingerprint density at radius 3 is 2.37 bits per heavy atom. The molecule has 4 nitrogen and oxygen atoms in total. The minimum atomic E-state index is -3.96. The van der Waals surface area contributed by atoms with E-state index in [0.29, 0.717) is 5.56 Å². The van der Waals surface area contributed by atoms with Crippen molar-refractivity contribution in [2.45, 2.75) is 10.8 Å². The van der Waals surface area contributed by atoms with E-state index in [0.717, 1.165) is 17.7 Å². The lowest BCUT2D eigenvalue weighted by atomic mass is 9.92. The Morgan fingerprint density at radius 2 is 1.74 bits per heavy atom. The molecule has 0 amide bonds. The number of nitrogens with one attached hydrogen (secondary N) is 1. The molecule has 0 aromatic heterocycles. The highest BCUT2D eigenvalue weighted by Gasteiger charge is 2.19. The maximum absolute atomic E-state index is 13.3. The van der Waals surface area contributed by atoms with Gasteiger partial charge in [0.25, 0.3) is 10.0 Å². The second kappa shape index (κ2) is 7.78. The number of hydrogen-bond acceptors (Lipinski definition) is 3. The summed E-state index contributed by atoms with van der Waals surface area (Å²) >= 11 is 6.31. The fourth-order valence-electron chi connectivity index (χ4n) is 2.64. The van der Waals surface area contributed by atoms with Crippen molar-refractivity contribution in [3.05, 3.63) is 94.8 Å². The molecule has 0 fully saturated rings. The van der Waals surface area contributed by atoms with Crippen molar-refractivity contribution in [3.8, 4) is 6.07 Å². The lowest BCUT2D eigenvalue weighted by molar-refractivity contribution is 0.595. The average molecular weight is 401 g/mol. The van der Waals surface area contributed by atoms with E-state index in [-0.39, 0.29) is 15.6 Å². The van der Waals surface area contributed by atoms with Crippen LogP contribution < -0.4 is 4.72 Å². The van der Waals surface area contributed by atoms with E-state index >= 15 is 0 Å². The number of rotatable bonds is 5. The second-order valence-electron chi connectivity index (χ2n) is 5.77. The number of benzene rings is 3. The van der Waals surface area contributed by atoms with E-state index in [1.54, 1.807) is 6.07 Å². The first kappa shape index (κ1) is 18.9. The average Bonchev–Trinajstić information content (AvgIpc) is 2.65. The van der Waals surface area contributed by atoms with Gasteiger partial charge in [0, 0.05) is 5.02 Å². The van der Waals surface area contributed by atoms with E-state index in [1.807, 2.05) is 30.3 Å². The van der Waals surface area contributed by atoms with Crippen LogP contribution in [0, 0.1) is 17.1 Å². The standard InChI is InChI=1S/C20H14ClFN2O2S/c21-20-12-16(24-27(25,26)17-8-4-7-15(22)11-17)9-10-18(20)19(13-23)14-5-2-1-3-6-14/h1-12,19,24H/t19-/m1/s1. The molecule has 0 bridgehead atoms. The Kier molecular flexibility index (Phi) is 5.45. The van der Waals surface area contributed by atoms with E-state index < -0.39 is 21.8 Å². The van der Waals surface area contributed by atoms with Gasteiger partial charge in [0.1, 0.15) is 5.82 Å². The molecular formula is C20H14ClFN2O2S. The molecule has 3 aromatic rings. The third-order valence-electron chi connectivity index (χ3n) is 3.93. The summed E-state index contributed by atoms with van der Waals surface area (Å²) < 4.78 is 40.4. The van der Waals surface area contributed by atoms with E-state index in [2.05, 4.69) is 10.8 Å². The molecule has 3 aromatic carbocycles. The first-order valence-corrected chi connectivity index (χ1v) is 9.79. The van der Waals surface area contributed by atoms with E-state index in [4.69, 9.17) is 11.6 Å². The van der Waals surface area contributed by atoms with Gasteiger partial charge in [0.2, 0.25) is 0 Å². The van der Waals surface area contributed by atoms with E-state index in [1.165, 1.54) is 24.3 Å². The number of anilines is 1. The van der Waals surface area contributed by atoms with Crippen molar-refractivity contribution < 1.29 is 12.8 Å². The molecule has 0 unspecified atom stereocenters. The van der Waals surface area contributed by atoms with Crippen LogP contribution in [0.1, 0.15) is 17.0 Å². The molecule has 0 aliphatic heterocycles. The first-order valence-electron chi connectivity index (χ1n) is 7.93. The smallest absolute Gasteiger partial charge is 0.261 e. The van der Waals surface area contributed by atoms with Gasteiger partial charge in [-0.1, -0.05) is 54.1 Å². The van der Waals surface area contributed by atoms with Crippen LogP contribution in [0.25, 0.3) is 0 Å². The molecule has 0 radical (unpaired) electrons. The van der Waals surface area contributed by atoms with Crippen LogP contribution in [0.5, 0.6) is 0 Å². The zero-order valence-corrected chi connectivity index (χ0v) is 15.5. The van der Waals surface area contributed by atoms with Crippen molar-refractivity contribution in [2.24, 2.45) is 0 Å². The molecular weight excluding hydrogens is 387 g/mol. The quantitative estimate of drug-likeness (QED) is 0.659. The Hall–Kier alpha value is -2.88. The molecule has 0 aliphatic rings. The molecule has 0 spiro atoms. The van der Waals surface area contributed by atoms with Gasteiger partial charge in [-0.05, 0) is 41.5 Å². The Labute approximate surface area is 161 Å². The molecule has 0 aliphatic carbocycles. The molecule has 0 saturated carbocycles. The zero-order valence-electron chi connectivity index (χ0n) is 13.9. The van der Waals surface area contributed by atoms with E-state index in [9.17, 15) is 18.1 Å². The normalized spacial score (nSPS) is 12.2. The third kappa shape index (κ3) is 4.27. The third-order valence-corrected chi connectivity index (χ3v) is 5.64. The molecule has 136 valence electrons. The fraction of sp³-hybridized carbons (Fsp3) is 0.0500. The van der Waals surface area contributed by atoms with Crippen LogP contribution >= 0.6 is 11.6 Å². The van der Waals surface area contributed by atoms with Gasteiger partial charge < -0.3 is 0 Å². The largest absolute Gasteiger partial charge is 0.280 e. The number of nitriles is 1. The molecule has 0 heterocycles. The van der Waals surface area contributed by atoms with Gasteiger partial charge in [-0.3, -0.25) is 4.72 Å². The minimum Gasteiger partial charge on any atom is -0.280 e. The Bertz CT molecular complexity index is 1110. The molecule has 3 rings (SSSR count). The SMILES string of the molecule is N#C[C@H](c1ccccc1)c1ccc(NS(=O)(=O)c2cccc(F)c2)cc1Cl. The van der Waals surface area contributed by atoms with Gasteiger partial charge in [0.15, 0.2) is 0 Å². The van der Waals surface area contributed by atoms with Crippen LogP contribution in [0.2, 0.25) is 5.02 Å². The Balaban J connectivity index is 1.90. The molecule has 1 N–H and O–H groups in total. The zero-order chi connectivity index (χ0) is 19.4. The predicted octanol–water partition coefficient (Wildman–Crippen LogP) is 4.94. The summed E-state index contributed by atoms with van der Waals surface area (Å²) in [5.74, 6) is -1.22. The molecule has 1 atom stereocenters. The van der Waals surface area contributed by atoms with Crippen LogP contribution in [-0.4, -0.2) is 8.42 Å². The summed E-state index contributed by atoms with van der Waals surface area (Å²) in [7, 11) is -3.96. The highest BCUT2D eigenvalue weighted by Crippen LogP contribution is 2.32. The summed E-state index contributed by atoms with van der Waals surface area (Å²) in [6, 6.07) is 20.6. The van der Waals surface area contributed by atoms with Crippen LogP contribution in [-0.2, 0) is 10.0 Å². The molecule has 7 heteroatoms. The highest BCUT2D eigenvalue weighted by molar-refractivity contribution is 7.92. The first-order chi connectivity index (χ1) is 12.9. The van der Waals surface area contributed by atoms with Gasteiger partial charge in [0.05, 0.1) is 22.6 Å². The Morgan fingerprint density at radius 1 is 1.00 bits per heavy atom.